The molecule has 0 aliphatic rings. The maximum absolute atomic E-state index is 10.5. The van der Waals surface area contributed by atoms with Gasteiger partial charge >= 0.3 is 5.97 Å². The zero-order valence-corrected chi connectivity index (χ0v) is 11.2. The molecule has 0 fully saturated rings. The van der Waals surface area contributed by atoms with E-state index in [9.17, 15) is 9.90 Å². The molecule has 1 rings (SSSR count). The van der Waals surface area contributed by atoms with Crippen LogP contribution in [-0.2, 0) is 4.79 Å². The van der Waals surface area contributed by atoms with Crippen LogP contribution in [0.15, 0.2) is 12.1 Å². The van der Waals surface area contributed by atoms with Crippen molar-refractivity contribution in [1.82, 2.24) is 0 Å². The molecule has 0 saturated heterocycles. The van der Waals surface area contributed by atoms with Crippen LogP contribution in [0.1, 0.15) is 24.5 Å². The van der Waals surface area contributed by atoms with Crippen LogP contribution in [0.4, 0.5) is 0 Å². The monoisotopic (exact) mass is 270 g/mol. The number of hydrogen-bond donors (Lipinski definition) is 2. The smallest absolute Gasteiger partial charge is 0.303 e. The van der Waals surface area contributed by atoms with Crippen molar-refractivity contribution in [1.29, 1.82) is 0 Å². The molecule has 0 amide bonds. The molecule has 0 aliphatic heterocycles. The van der Waals surface area contributed by atoms with E-state index in [1.54, 1.807) is 12.1 Å². The highest BCUT2D eigenvalue weighted by molar-refractivity contribution is 5.66. The Kier molecular flexibility index (Phi) is 5.44. The van der Waals surface area contributed by atoms with Gasteiger partial charge in [-0.3, -0.25) is 4.79 Å². The first-order valence-electron chi connectivity index (χ1n) is 5.73. The Balaban J connectivity index is 3.04. The third-order valence-electron chi connectivity index (χ3n) is 2.70. The van der Waals surface area contributed by atoms with Crippen LogP contribution in [0.3, 0.4) is 0 Å². The van der Waals surface area contributed by atoms with Crippen LogP contribution in [-0.4, -0.2) is 37.5 Å². The minimum atomic E-state index is -0.952. The first-order valence-corrected chi connectivity index (χ1v) is 5.73. The Bertz CT molecular complexity index is 418. The van der Waals surface area contributed by atoms with Gasteiger partial charge in [0.05, 0.1) is 27.4 Å². The van der Waals surface area contributed by atoms with Gasteiger partial charge < -0.3 is 24.4 Å². The predicted molar refractivity (Wildman–Crippen MR) is 67.9 cm³/mol. The topological polar surface area (TPSA) is 85.2 Å². The van der Waals surface area contributed by atoms with Crippen molar-refractivity contribution >= 4 is 5.97 Å². The van der Waals surface area contributed by atoms with Gasteiger partial charge in [-0.25, -0.2) is 0 Å². The quantitative estimate of drug-likeness (QED) is 0.783. The Morgan fingerprint density at radius 3 is 2.05 bits per heavy atom. The molecule has 1 aromatic carbocycles. The number of aliphatic hydroxyl groups excluding tert-OH is 1. The number of methoxy groups -OCH3 is 3. The van der Waals surface area contributed by atoms with E-state index in [0.29, 0.717) is 22.8 Å². The zero-order valence-electron chi connectivity index (χ0n) is 11.2. The molecule has 0 bridgehead atoms. The van der Waals surface area contributed by atoms with Gasteiger partial charge in [-0.05, 0) is 24.1 Å². The molecule has 6 nitrogen and oxygen atoms in total. The maximum Gasteiger partial charge on any atom is 0.303 e. The number of rotatable bonds is 7. The van der Waals surface area contributed by atoms with E-state index in [-0.39, 0.29) is 12.8 Å². The molecule has 1 aromatic rings. The van der Waals surface area contributed by atoms with Gasteiger partial charge in [0.15, 0.2) is 11.5 Å². The van der Waals surface area contributed by atoms with Crippen LogP contribution in [0.25, 0.3) is 0 Å². The molecule has 0 aromatic heterocycles. The van der Waals surface area contributed by atoms with Crippen molar-refractivity contribution in [2.75, 3.05) is 21.3 Å². The molecule has 6 heteroatoms. The van der Waals surface area contributed by atoms with E-state index in [0.717, 1.165) is 0 Å². The fourth-order valence-electron chi connectivity index (χ4n) is 1.72. The number of aliphatic hydroxyl groups is 1. The van der Waals surface area contributed by atoms with Crippen LogP contribution >= 0.6 is 0 Å². The van der Waals surface area contributed by atoms with Gasteiger partial charge in [-0.15, -0.1) is 0 Å². The average molecular weight is 270 g/mol. The highest BCUT2D eigenvalue weighted by Crippen LogP contribution is 2.40. The summed E-state index contributed by atoms with van der Waals surface area (Å²) in [4.78, 5) is 10.5. The van der Waals surface area contributed by atoms with Crippen LogP contribution in [0.5, 0.6) is 17.2 Å². The summed E-state index contributed by atoms with van der Waals surface area (Å²) >= 11 is 0. The molecule has 2 N–H and O–H groups in total. The fourth-order valence-corrected chi connectivity index (χ4v) is 1.72. The number of carboxylic acids is 1. The van der Waals surface area contributed by atoms with Crippen LogP contribution in [0.2, 0.25) is 0 Å². The van der Waals surface area contributed by atoms with E-state index in [1.807, 2.05) is 0 Å². The standard InChI is InChI=1S/C13H18O6/c1-17-10-6-8(9(14)4-5-12(15)16)7-11(18-2)13(10)19-3/h6-7,9,14H,4-5H2,1-3H3,(H,15,16). The van der Waals surface area contributed by atoms with Crippen molar-refractivity contribution in [3.8, 4) is 17.2 Å². The van der Waals surface area contributed by atoms with Crippen molar-refractivity contribution in [3.05, 3.63) is 17.7 Å². The summed E-state index contributed by atoms with van der Waals surface area (Å²) in [5.41, 5.74) is 0.524. The minimum Gasteiger partial charge on any atom is -0.493 e. The molecule has 0 radical (unpaired) electrons. The highest BCUT2D eigenvalue weighted by atomic mass is 16.5. The average Bonchev–Trinajstić information content (AvgIpc) is 2.42. The minimum absolute atomic E-state index is 0.113. The molecule has 0 aliphatic carbocycles. The summed E-state index contributed by atoms with van der Waals surface area (Å²) in [6.07, 6.45) is -0.893. The fraction of sp³-hybridized carbons (Fsp3) is 0.462. The number of ether oxygens (including phenoxy) is 3. The largest absolute Gasteiger partial charge is 0.493 e. The van der Waals surface area contributed by atoms with E-state index >= 15 is 0 Å². The Morgan fingerprint density at radius 2 is 1.68 bits per heavy atom. The summed E-state index contributed by atoms with van der Waals surface area (Å²) in [5, 5.41) is 18.6. The Morgan fingerprint density at radius 1 is 1.16 bits per heavy atom. The van der Waals surface area contributed by atoms with E-state index in [2.05, 4.69) is 0 Å². The molecule has 0 saturated carbocycles. The summed E-state index contributed by atoms with van der Waals surface area (Å²) in [6.45, 7) is 0. The van der Waals surface area contributed by atoms with Gasteiger partial charge in [-0.2, -0.15) is 0 Å². The van der Waals surface area contributed by atoms with Crippen molar-refractivity contribution in [2.24, 2.45) is 0 Å². The lowest BCUT2D eigenvalue weighted by Gasteiger charge is -2.16. The Labute approximate surface area is 111 Å². The third-order valence-corrected chi connectivity index (χ3v) is 2.70. The van der Waals surface area contributed by atoms with E-state index in [1.165, 1.54) is 21.3 Å². The molecular weight excluding hydrogens is 252 g/mol. The Hall–Kier alpha value is -1.95. The number of aliphatic carboxylic acids is 1. The summed E-state index contributed by atoms with van der Waals surface area (Å²) in [6, 6.07) is 3.21. The molecule has 0 heterocycles. The number of carboxylic acid groups (broad SMARTS) is 1. The second kappa shape index (κ2) is 6.84. The molecule has 1 unspecified atom stereocenters. The van der Waals surface area contributed by atoms with Gasteiger partial charge in [0.2, 0.25) is 5.75 Å². The molecule has 1 atom stereocenters. The molecule has 106 valence electrons. The molecule has 0 spiro atoms. The summed E-state index contributed by atoms with van der Waals surface area (Å²) in [5.74, 6) is 0.322. The van der Waals surface area contributed by atoms with Crippen LogP contribution in [0, 0.1) is 0 Å². The second-order valence-corrected chi connectivity index (χ2v) is 3.91. The summed E-state index contributed by atoms with van der Waals surface area (Å²) in [7, 11) is 4.44. The number of carbonyl (C=O) groups is 1. The van der Waals surface area contributed by atoms with Crippen molar-refractivity contribution in [2.45, 2.75) is 18.9 Å². The first kappa shape index (κ1) is 15.1. The van der Waals surface area contributed by atoms with Gasteiger partial charge in [0.1, 0.15) is 0 Å². The number of hydrogen-bond acceptors (Lipinski definition) is 5. The van der Waals surface area contributed by atoms with Crippen molar-refractivity contribution in [3.63, 3.8) is 0 Å². The van der Waals surface area contributed by atoms with Crippen molar-refractivity contribution < 1.29 is 29.2 Å². The zero-order chi connectivity index (χ0) is 14.4. The number of benzene rings is 1. The lowest BCUT2D eigenvalue weighted by Crippen LogP contribution is -2.04. The van der Waals surface area contributed by atoms with Gasteiger partial charge in [0, 0.05) is 6.42 Å². The SMILES string of the molecule is COc1cc(C(O)CCC(=O)O)cc(OC)c1OC. The maximum atomic E-state index is 10.5. The third kappa shape index (κ3) is 3.75. The lowest BCUT2D eigenvalue weighted by molar-refractivity contribution is -0.137. The van der Waals surface area contributed by atoms with Gasteiger partial charge in [0.25, 0.3) is 0 Å². The van der Waals surface area contributed by atoms with E-state index < -0.39 is 12.1 Å². The first-order chi connectivity index (χ1) is 9.03. The lowest BCUT2D eigenvalue weighted by atomic mass is 10.0. The predicted octanol–water partition coefficient (Wildman–Crippen LogP) is 1.61. The second-order valence-electron chi connectivity index (χ2n) is 3.91. The van der Waals surface area contributed by atoms with E-state index in [4.69, 9.17) is 19.3 Å². The molecular formula is C13H18O6. The molecule has 19 heavy (non-hydrogen) atoms. The normalized spacial score (nSPS) is 11.8. The van der Waals surface area contributed by atoms with Gasteiger partial charge in [-0.1, -0.05) is 0 Å². The summed E-state index contributed by atoms with van der Waals surface area (Å²) < 4.78 is 15.5. The highest BCUT2D eigenvalue weighted by Gasteiger charge is 2.17. The van der Waals surface area contributed by atoms with Crippen LogP contribution < -0.4 is 14.2 Å².